The van der Waals surface area contributed by atoms with Crippen LogP contribution in [0.4, 0.5) is 5.69 Å². The molecule has 0 saturated heterocycles. The van der Waals surface area contributed by atoms with E-state index in [1.165, 1.54) is 0 Å². The van der Waals surface area contributed by atoms with Gasteiger partial charge in [-0.15, -0.1) is 0 Å². The Balaban J connectivity index is 1.38. The molecular weight excluding hydrogens is 452 g/mol. The van der Waals surface area contributed by atoms with Crippen LogP contribution in [0.15, 0.2) is 97.3 Å². The molecule has 0 spiro atoms. The molecule has 0 aliphatic carbocycles. The number of para-hydroxylation sites is 1. The monoisotopic (exact) mass is 480 g/mol. The van der Waals surface area contributed by atoms with Crippen LogP contribution in [-0.4, -0.2) is 28.6 Å². The first-order valence-corrected chi connectivity index (χ1v) is 11.8. The Hall–Kier alpha value is -4.45. The molecule has 6 nitrogen and oxygen atoms in total. The van der Waals surface area contributed by atoms with Crippen molar-refractivity contribution in [1.82, 2.24) is 4.98 Å². The number of rotatable bonds is 10. The third kappa shape index (κ3) is 6.36. The number of pyridine rings is 1. The lowest BCUT2D eigenvalue weighted by Crippen LogP contribution is -2.20. The topological polar surface area (TPSA) is 88.5 Å². The number of ether oxygens (including phenoxy) is 1. The predicted octanol–water partition coefficient (Wildman–Crippen LogP) is 5.73. The van der Waals surface area contributed by atoms with Crippen LogP contribution in [0.3, 0.4) is 0 Å². The van der Waals surface area contributed by atoms with Gasteiger partial charge in [0.15, 0.2) is 0 Å². The van der Waals surface area contributed by atoms with Gasteiger partial charge in [-0.2, -0.15) is 0 Å². The fourth-order valence-electron chi connectivity index (χ4n) is 3.96. The van der Waals surface area contributed by atoms with Crippen LogP contribution in [-0.2, 0) is 17.6 Å². The second-order valence-corrected chi connectivity index (χ2v) is 8.54. The van der Waals surface area contributed by atoms with Crippen molar-refractivity contribution in [3.63, 3.8) is 0 Å². The van der Waals surface area contributed by atoms with Crippen molar-refractivity contribution in [1.29, 1.82) is 0 Å². The van der Waals surface area contributed by atoms with Crippen LogP contribution >= 0.6 is 0 Å². The zero-order valence-electron chi connectivity index (χ0n) is 20.1. The first-order valence-electron chi connectivity index (χ1n) is 11.8. The van der Waals surface area contributed by atoms with Crippen molar-refractivity contribution >= 4 is 17.6 Å². The number of nitrogens with one attached hydrogen (secondary N) is 1. The number of aromatic nitrogens is 1. The summed E-state index contributed by atoms with van der Waals surface area (Å²) in [6.07, 6.45) is 4.75. The van der Waals surface area contributed by atoms with Gasteiger partial charge in [-0.25, -0.2) is 4.79 Å². The highest BCUT2D eigenvalue weighted by molar-refractivity contribution is 5.96. The van der Waals surface area contributed by atoms with Gasteiger partial charge < -0.3 is 15.2 Å². The quantitative estimate of drug-likeness (QED) is 0.302. The number of aromatic carboxylic acids is 1. The molecule has 3 aromatic carbocycles. The Labute approximate surface area is 210 Å². The molecule has 4 aromatic rings. The van der Waals surface area contributed by atoms with Crippen LogP contribution in [0.2, 0.25) is 0 Å². The Morgan fingerprint density at radius 1 is 0.917 bits per heavy atom. The lowest BCUT2D eigenvalue weighted by molar-refractivity contribution is -0.117. The molecule has 36 heavy (non-hydrogen) atoms. The Morgan fingerprint density at radius 3 is 2.36 bits per heavy atom. The first-order chi connectivity index (χ1) is 17.5. The van der Waals surface area contributed by atoms with E-state index in [4.69, 9.17) is 4.74 Å². The van der Waals surface area contributed by atoms with Gasteiger partial charge in [0, 0.05) is 30.9 Å². The average Bonchev–Trinajstić information content (AvgIpc) is 2.90. The maximum Gasteiger partial charge on any atom is 0.335 e. The van der Waals surface area contributed by atoms with Crippen molar-refractivity contribution in [3.05, 3.63) is 125 Å². The van der Waals surface area contributed by atoms with Crippen LogP contribution in [0.5, 0.6) is 5.75 Å². The summed E-state index contributed by atoms with van der Waals surface area (Å²) in [4.78, 5) is 28.8. The number of carboxylic acid groups (broad SMARTS) is 1. The molecule has 1 amide bonds. The zero-order chi connectivity index (χ0) is 25.3. The predicted molar refractivity (Wildman–Crippen MR) is 140 cm³/mol. The Morgan fingerprint density at radius 2 is 1.64 bits per heavy atom. The molecule has 0 aliphatic heterocycles. The summed E-state index contributed by atoms with van der Waals surface area (Å²) >= 11 is 0. The molecule has 0 saturated carbocycles. The standard InChI is InChI=1S/C30H28N2O4/c1-21(23-12-14-26(15-13-23)36-18-16-22-7-6-17-31-20-22)29(33)32-28-11-5-3-9-25(28)19-24-8-2-4-10-27(24)30(34)35/h2-15,17,20-21H,16,18-19H2,1H3,(H,32,33)(H,34,35). The summed E-state index contributed by atoms with van der Waals surface area (Å²) in [5.74, 6) is -0.740. The number of carboxylic acids is 1. The summed E-state index contributed by atoms with van der Waals surface area (Å²) in [5.41, 5.74) is 4.47. The minimum atomic E-state index is -0.967. The minimum Gasteiger partial charge on any atom is -0.493 e. The molecule has 4 rings (SSSR count). The molecule has 1 unspecified atom stereocenters. The Bertz CT molecular complexity index is 1320. The highest BCUT2D eigenvalue weighted by atomic mass is 16.5. The van der Waals surface area contributed by atoms with Gasteiger partial charge in [-0.05, 0) is 59.5 Å². The number of hydrogen-bond acceptors (Lipinski definition) is 4. The second-order valence-electron chi connectivity index (χ2n) is 8.54. The number of nitrogens with zero attached hydrogens (tertiary/aromatic N) is 1. The molecule has 2 N–H and O–H groups in total. The van der Waals surface area contributed by atoms with Gasteiger partial charge >= 0.3 is 5.97 Å². The van der Waals surface area contributed by atoms with E-state index < -0.39 is 5.97 Å². The maximum absolute atomic E-state index is 13.1. The summed E-state index contributed by atoms with van der Waals surface area (Å²) in [7, 11) is 0. The van der Waals surface area contributed by atoms with Gasteiger partial charge in [0.25, 0.3) is 0 Å². The van der Waals surface area contributed by atoms with E-state index >= 15 is 0 Å². The van der Waals surface area contributed by atoms with E-state index in [-0.39, 0.29) is 17.4 Å². The highest BCUT2D eigenvalue weighted by Gasteiger charge is 2.18. The average molecular weight is 481 g/mol. The summed E-state index contributed by atoms with van der Waals surface area (Å²) in [6, 6.07) is 25.9. The summed E-state index contributed by atoms with van der Waals surface area (Å²) in [5, 5.41) is 12.5. The number of hydrogen-bond donors (Lipinski definition) is 2. The van der Waals surface area contributed by atoms with E-state index in [9.17, 15) is 14.7 Å². The molecule has 1 atom stereocenters. The Kier molecular flexibility index (Phi) is 8.08. The molecular formula is C30H28N2O4. The van der Waals surface area contributed by atoms with Crippen molar-refractivity contribution in [2.45, 2.75) is 25.7 Å². The van der Waals surface area contributed by atoms with Crippen molar-refractivity contribution < 1.29 is 19.4 Å². The van der Waals surface area contributed by atoms with Crippen molar-refractivity contribution in [2.75, 3.05) is 11.9 Å². The summed E-state index contributed by atoms with van der Waals surface area (Å²) < 4.78 is 5.83. The lowest BCUT2D eigenvalue weighted by Gasteiger charge is -2.16. The van der Waals surface area contributed by atoms with Gasteiger partial charge in [-0.3, -0.25) is 9.78 Å². The van der Waals surface area contributed by atoms with Crippen molar-refractivity contribution in [3.8, 4) is 5.75 Å². The highest BCUT2D eigenvalue weighted by Crippen LogP contribution is 2.25. The SMILES string of the molecule is CC(C(=O)Nc1ccccc1Cc1ccccc1C(=O)O)c1ccc(OCCc2cccnc2)cc1. The molecule has 1 heterocycles. The second kappa shape index (κ2) is 11.8. The van der Waals surface area contributed by atoms with E-state index in [1.807, 2.05) is 79.9 Å². The van der Waals surface area contributed by atoms with Gasteiger partial charge in [-0.1, -0.05) is 54.6 Å². The number of carbonyl (C=O) groups excluding carboxylic acids is 1. The lowest BCUT2D eigenvalue weighted by atomic mass is 9.97. The van der Waals surface area contributed by atoms with Gasteiger partial charge in [0.05, 0.1) is 18.1 Å². The smallest absolute Gasteiger partial charge is 0.335 e. The zero-order valence-corrected chi connectivity index (χ0v) is 20.1. The van der Waals surface area contributed by atoms with Crippen molar-refractivity contribution in [2.24, 2.45) is 0 Å². The van der Waals surface area contributed by atoms with E-state index in [0.29, 0.717) is 24.3 Å². The molecule has 0 aliphatic rings. The van der Waals surface area contributed by atoms with Crippen LogP contribution in [0.25, 0.3) is 0 Å². The van der Waals surface area contributed by atoms with E-state index in [0.717, 1.165) is 28.9 Å². The van der Waals surface area contributed by atoms with E-state index in [1.54, 1.807) is 24.4 Å². The number of benzene rings is 3. The summed E-state index contributed by atoms with van der Waals surface area (Å²) in [6.45, 7) is 2.40. The number of carbonyl (C=O) groups is 2. The number of amides is 1. The molecule has 0 bridgehead atoms. The van der Waals surface area contributed by atoms with Crippen LogP contribution in [0.1, 0.15) is 45.5 Å². The molecule has 0 radical (unpaired) electrons. The fraction of sp³-hybridized carbons (Fsp3) is 0.167. The maximum atomic E-state index is 13.1. The van der Waals surface area contributed by atoms with Crippen LogP contribution in [0, 0.1) is 0 Å². The van der Waals surface area contributed by atoms with Crippen LogP contribution < -0.4 is 10.1 Å². The van der Waals surface area contributed by atoms with Gasteiger partial charge in [0.1, 0.15) is 5.75 Å². The molecule has 0 fully saturated rings. The fourth-order valence-corrected chi connectivity index (χ4v) is 3.96. The first kappa shape index (κ1) is 24.7. The third-order valence-corrected chi connectivity index (χ3v) is 6.06. The molecule has 6 heteroatoms. The molecule has 182 valence electrons. The largest absolute Gasteiger partial charge is 0.493 e. The minimum absolute atomic E-state index is 0.140. The van der Waals surface area contributed by atoms with Gasteiger partial charge in [0.2, 0.25) is 5.91 Å². The van der Waals surface area contributed by atoms with E-state index in [2.05, 4.69) is 10.3 Å². The normalized spacial score (nSPS) is 11.5. The number of anilines is 1. The molecule has 1 aromatic heterocycles. The third-order valence-electron chi connectivity index (χ3n) is 6.06.